The Morgan fingerprint density at radius 1 is 1.05 bits per heavy atom. The Bertz CT molecular complexity index is 995. The van der Waals surface area contributed by atoms with Crippen LogP contribution in [0, 0.1) is 0 Å². The number of rotatable bonds is 19. The summed E-state index contributed by atoms with van der Waals surface area (Å²) in [5.74, 6) is -1.81. The second kappa shape index (κ2) is 16.5. The summed E-state index contributed by atoms with van der Waals surface area (Å²) in [6.07, 6.45) is 12.4. The molecule has 1 aliphatic rings. The van der Waals surface area contributed by atoms with Crippen LogP contribution in [0.1, 0.15) is 123 Å². The van der Waals surface area contributed by atoms with E-state index in [1.807, 2.05) is 0 Å². The molecule has 1 aromatic rings. The second-order valence-electron chi connectivity index (χ2n) is 10.8. The molecule has 1 saturated heterocycles. The highest BCUT2D eigenvalue weighted by Gasteiger charge is 2.57. The van der Waals surface area contributed by atoms with Gasteiger partial charge >= 0.3 is 11.7 Å². The number of ether oxygens (including phenoxy) is 2. The van der Waals surface area contributed by atoms with Crippen LogP contribution >= 0.6 is 0 Å². The summed E-state index contributed by atoms with van der Waals surface area (Å²) in [6, 6.07) is 1.38. The van der Waals surface area contributed by atoms with E-state index in [0.29, 0.717) is 6.42 Å². The van der Waals surface area contributed by atoms with Gasteiger partial charge in [0.05, 0.1) is 0 Å². The lowest BCUT2D eigenvalue weighted by Gasteiger charge is -2.30. The zero-order valence-electron chi connectivity index (χ0n) is 23.9. The summed E-state index contributed by atoms with van der Waals surface area (Å²) in [5.41, 5.74) is 2.68. The molecule has 10 nitrogen and oxygen atoms in total. The quantitative estimate of drug-likeness (QED) is 0.189. The third-order valence-corrected chi connectivity index (χ3v) is 7.45. The van der Waals surface area contributed by atoms with E-state index in [9.17, 15) is 24.3 Å². The molecule has 0 saturated carbocycles. The van der Waals surface area contributed by atoms with Gasteiger partial charge in [0.15, 0.2) is 23.3 Å². The Balaban J connectivity index is 1.80. The van der Waals surface area contributed by atoms with Crippen molar-refractivity contribution in [3.05, 3.63) is 22.7 Å². The molecule has 1 aliphatic heterocycles. The number of nitrogens with two attached hydrogens (primary N) is 1. The molecule has 0 amide bonds. The van der Waals surface area contributed by atoms with Gasteiger partial charge in [0, 0.05) is 19.0 Å². The highest BCUT2D eigenvalue weighted by molar-refractivity contribution is 5.90. The fraction of sp³-hybridized carbons (Fsp3) is 0.759. The van der Waals surface area contributed by atoms with E-state index in [-0.39, 0.29) is 18.7 Å². The van der Waals surface area contributed by atoms with Gasteiger partial charge < -0.3 is 20.3 Å². The number of carbonyl (C=O) groups is 3. The van der Waals surface area contributed by atoms with Gasteiger partial charge in [-0.2, -0.15) is 4.98 Å². The predicted octanol–water partition coefficient (Wildman–Crippen LogP) is 4.42. The molecule has 0 aromatic carbocycles. The normalized spacial score (nSPS) is 21.5. The van der Waals surface area contributed by atoms with Crippen molar-refractivity contribution >= 4 is 23.4 Å². The Morgan fingerprint density at radius 2 is 1.59 bits per heavy atom. The Labute approximate surface area is 231 Å². The Kier molecular flexibility index (Phi) is 13.8. The van der Waals surface area contributed by atoms with Crippen LogP contribution in [0.2, 0.25) is 0 Å². The smallest absolute Gasteiger partial charge is 0.351 e. The maximum Gasteiger partial charge on any atom is 0.351 e. The van der Waals surface area contributed by atoms with Gasteiger partial charge in [-0.1, -0.05) is 84.0 Å². The van der Waals surface area contributed by atoms with Gasteiger partial charge in [0.25, 0.3) is 0 Å². The topological polar surface area (TPSA) is 151 Å². The molecular formula is C29H47N3O7. The number of carbonyl (C=O) groups excluding carboxylic acids is 3. The van der Waals surface area contributed by atoms with E-state index >= 15 is 0 Å². The maximum atomic E-state index is 12.6. The summed E-state index contributed by atoms with van der Waals surface area (Å²) in [5, 5.41) is 11.2. The minimum Gasteiger partial charge on any atom is -0.451 e. The minimum atomic E-state index is -2.13. The van der Waals surface area contributed by atoms with Gasteiger partial charge in [-0.15, -0.1) is 0 Å². The molecule has 0 radical (unpaired) electrons. The average Bonchev–Trinajstić information content (AvgIpc) is 3.23. The van der Waals surface area contributed by atoms with E-state index in [1.165, 1.54) is 77.0 Å². The SMILES string of the molecule is CCCCCCCCCCCCCCCC(=O)OC(C(C)=O)[C@H]1O[C@@H](n2ccc(N)nc2=O)C[C@@]1(O)C(C)=O. The monoisotopic (exact) mass is 549 g/mol. The van der Waals surface area contributed by atoms with Crippen LogP contribution in [0.15, 0.2) is 17.1 Å². The zero-order valence-corrected chi connectivity index (χ0v) is 23.9. The van der Waals surface area contributed by atoms with E-state index in [0.717, 1.165) is 30.8 Å². The summed E-state index contributed by atoms with van der Waals surface area (Å²) in [6.45, 7) is 4.60. The van der Waals surface area contributed by atoms with Crippen molar-refractivity contribution < 1.29 is 29.0 Å². The lowest BCUT2D eigenvalue weighted by molar-refractivity contribution is -0.177. The van der Waals surface area contributed by atoms with E-state index in [4.69, 9.17) is 15.2 Å². The number of hydrogen-bond donors (Lipinski definition) is 2. The lowest BCUT2D eigenvalue weighted by Crippen LogP contribution is -2.54. The van der Waals surface area contributed by atoms with Crippen LogP contribution in [-0.2, 0) is 23.9 Å². The first-order valence-corrected chi connectivity index (χ1v) is 14.5. The van der Waals surface area contributed by atoms with Crippen molar-refractivity contribution in [2.24, 2.45) is 0 Å². The molecule has 0 aliphatic carbocycles. The van der Waals surface area contributed by atoms with Crippen LogP contribution < -0.4 is 11.4 Å². The third kappa shape index (κ3) is 10.1. The van der Waals surface area contributed by atoms with Crippen LogP contribution in [0.5, 0.6) is 0 Å². The van der Waals surface area contributed by atoms with Crippen molar-refractivity contribution in [1.29, 1.82) is 0 Å². The van der Waals surface area contributed by atoms with Crippen molar-refractivity contribution in [1.82, 2.24) is 9.55 Å². The number of aliphatic hydroxyl groups is 1. The highest BCUT2D eigenvalue weighted by Crippen LogP contribution is 2.39. The third-order valence-electron chi connectivity index (χ3n) is 7.45. The maximum absolute atomic E-state index is 12.6. The molecular weight excluding hydrogens is 502 g/mol. The Morgan fingerprint density at radius 3 is 2.08 bits per heavy atom. The first-order valence-electron chi connectivity index (χ1n) is 14.5. The number of unbranched alkanes of at least 4 members (excludes halogenated alkanes) is 12. The summed E-state index contributed by atoms with van der Waals surface area (Å²) in [4.78, 5) is 53.3. The lowest BCUT2D eigenvalue weighted by atomic mass is 9.86. The van der Waals surface area contributed by atoms with E-state index < -0.39 is 47.3 Å². The Hall–Kier alpha value is -2.59. The number of Topliss-reactive ketones (excluding diaryl/α,β-unsaturated/α-hetero) is 2. The molecule has 10 heteroatoms. The van der Waals surface area contributed by atoms with Crippen LogP contribution in [0.4, 0.5) is 5.82 Å². The van der Waals surface area contributed by atoms with Crippen LogP contribution in [0.25, 0.3) is 0 Å². The minimum absolute atomic E-state index is 0.0105. The summed E-state index contributed by atoms with van der Waals surface area (Å²) < 4.78 is 12.3. The number of anilines is 1. The second-order valence-corrected chi connectivity index (χ2v) is 10.8. The number of aromatic nitrogens is 2. The molecule has 0 bridgehead atoms. The van der Waals surface area contributed by atoms with Crippen molar-refractivity contribution in [2.75, 3.05) is 5.73 Å². The highest BCUT2D eigenvalue weighted by atomic mass is 16.6. The average molecular weight is 550 g/mol. The molecule has 1 unspecified atom stereocenters. The number of nitrogens with zero attached hydrogens (tertiary/aromatic N) is 2. The molecule has 39 heavy (non-hydrogen) atoms. The molecule has 3 N–H and O–H groups in total. The summed E-state index contributed by atoms with van der Waals surface area (Å²) >= 11 is 0. The van der Waals surface area contributed by atoms with Gasteiger partial charge in [-0.25, -0.2) is 4.79 Å². The van der Waals surface area contributed by atoms with E-state index in [2.05, 4.69) is 11.9 Å². The molecule has 4 atom stereocenters. The molecule has 220 valence electrons. The molecule has 1 fully saturated rings. The van der Waals surface area contributed by atoms with Gasteiger partial charge in [0.2, 0.25) is 0 Å². The van der Waals surface area contributed by atoms with Gasteiger partial charge in [-0.05, 0) is 26.3 Å². The van der Waals surface area contributed by atoms with E-state index in [1.54, 1.807) is 0 Å². The number of ketones is 2. The largest absolute Gasteiger partial charge is 0.451 e. The number of nitrogen functional groups attached to an aromatic ring is 1. The molecule has 2 heterocycles. The molecule has 0 spiro atoms. The molecule has 2 rings (SSSR count). The summed E-state index contributed by atoms with van der Waals surface area (Å²) in [7, 11) is 0. The van der Waals surface area contributed by atoms with Crippen molar-refractivity contribution in [2.45, 2.75) is 141 Å². The first kappa shape index (κ1) is 32.6. The van der Waals surface area contributed by atoms with Crippen molar-refractivity contribution in [3.63, 3.8) is 0 Å². The molecule has 1 aromatic heterocycles. The first-order chi connectivity index (χ1) is 18.6. The van der Waals surface area contributed by atoms with Crippen LogP contribution in [-0.4, -0.2) is 50.0 Å². The number of esters is 1. The van der Waals surface area contributed by atoms with Gasteiger partial charge in [0.1, 0.15) is 18.1 Å². The van der Waals surface area contributed by atoms with Crippen molar-refractivity contribution in [3.8, 4) is 0 Å². The fourth-order valence-corrected chi connectivity index (χ4v) is 5.03. The zero-order chi connectivity index (χ0) is 28.8. The fourth-order valence-electron chi connectivity index (χ4n) is 5.03. The number of hydrogen-bond acceptors (Lipinski definition) is 9. The predicted molar refractivity (Wildman–Crippen MR) is 148 cm³/mol. The van der Waals surface area contributed by atoms with Gasteiger partial charge in [-0.3, -0.25) is 19.0 Å². The van der Waals surface area contributed by atoms with Crippen LogP contribution in [0.3, 0.4) is 0 Å². The standard InChI is InChI=1S/C29H47N3O7/c1-4-5-6-7-8-9-10-11-12-13-14-15-16-17-25(35)39-26(21(2)33)27-29(37,22(3)34)20-24(38-27)32-19-18-23(30)31-28(32)36/h18-19,24,26-27,37H,4-17,20H2,1-3H3,(H2,30,31,36)/t24-,26?,27-,29-/m1/s1.